The molecule has 0 aromatic carbocycles. The molecule has 0 spiro atoms. The third kappa shape index (κ3) is 3.06. The number of carbonyl (C=O) groups is 1. The molecule has 0 aliphatic carbocycles. The smallest absolute Gasteiger partial charge is 0.373 e. The van der Waals surface area contributed by atoms with Gasteiger partial charge in [-0.2, -0.15) is 0 Å². The lowest BCUT2D eigenvalue weighted by atomic mass is 10.1. The second-order valence-electron chi connectivity index (χ2n) is 3.72. The molecule has 1 heterocycles. The molecule has 0 atom stereocenters. The lowest BCUT2D eigenvalue weighted by Crippen LogP contribution is -2.00. The Hall–Kier alpha value is -1.36. The highest BCUT2D eigenvalue weighted by molar-refractivity contribution is 5.85. The van der Waals surface area contributed by atoms with E-state index >= 15 is 0 Å². The number of aromatic carboxylic acids is 1. The molecule has 1 aromatic rings. The Bertz CT molecular complexity index is 343. The molecule has 0 unspecified atom stereocenters. The number of oxazole rings is 1. The van der Waals surface area contributed by atoms with E-state index < -0.39 is 5.97 Å². The topological polar surface area (TPSA) is 72.6 Å². The second kappa shape index (κ2) is 4.93. The van der Waals surface area contributed by atoms with Crippen molar-refractivity contribution in [3.05, 3.63) is 17.3 Å². The number of hydrogen-bond acceptors (Lipinski definition) is 4. The fraction of sp³-hybridized carbons (Fsp3) is 0.600. The summed E-state index contributed by atoms with van der Waals surface area (Å²) >= 11 is 0. The van der Waals surface area contributed by atoms with Gasteiger partial charge in [-0.1, -0.05) is 13.8 Å². The number of ether oxygens (including phenoxy) is 1. The molecule has 5 nitrogen and oxygen atoms in total. The minimum Gasteiger partial charge on any atom is -0.475 e. The highest BCUT2D eigenvalue weighted by atomic mass is 16.5. The minimum absolute atomic E-state index is 0.118. The first-order valence-electron chi connectivity index (χ1n) is 4.75. The van der Waals surface area contributed by atoms with Crippen LogP contribution in [0.3, 0.4) is 0 Å². The van der Waals surface area contributed by atoms with E-state index in [0.29, 0.717) is 23.9 Å². The molecule has 0 aliphatic heterocycles. The summed E-state index contributed by atoms with van der Waals surface area (Å²) in [5.74, 6) is -0.396. The molecule has 1 N–H and O–H groups in total. The van der Waals surface area contributed by atoms with E-state index in [1.807, 2.05) is 13.8 Å². The van der Waals surface area contributed by atoms with Gasteiger partial charge in [0, 0.05) is 13.5 Å². The third-order valence-electron chi connectivity index (χ3n) is 1.80. The highest BCUT2D eigenvalue weighted by Crippen LogP contribution is 2.15. The van der Waals surface area contributed by atoms with Gasteiger partial charge in [-0.25, -0.2) is 9.78 Å². The SMILES string of the molecule is COCc1nc(CC(C)C)oc1C(=O)O. The molecule has 1 rings (SSSR count). The quantitative estimate of drug-likeness (QED) is 0.806. The van der Waals surface area contributed by atoms with Crippen molar-refractivity contribution in [1.29, 1.82) is 0 Å². The van der Waals surface area contributed by atoms with Crippen molar-refractivity contribution in [3.8, 4) is 0 Å². The largest absolute Gasteiger partial charge is 0.475 e. The number of nitrogens with zero attached hydrogens (tertiary/aromatic N) is 1. The Morgan fingerprint density at radius 3 is 2.73 bits per heavy atom. The van der Waals surface area contributed by atoms with E-state index in [2.05, 4.69) is 4.98 Å². The number of carboxylic acids is 1. The summed E-state index contributed by atoms with van der Waals surface area (Å²) in [4.78, 5) is 14.9. The van der Waals surface area contributed by atoms with E-state index in [-0.39, 0.29) is 12.4 Å². The van der Waals surface area contributed by atoms with E-state index in [1.54, 1.807) is 0 Å². The van der Waals surface area contributed by atoms with Gasteiger partial charge in [-0.15, -0.1) is 0 Å². The number of methoxy groups -OCH3 is 1. The van der Waals surface area contributed by atoms with Gasteiger partial charge in [0.05, 0.1) is 6.61 Å². The Morgan fingerprint density at radius 1 is 1.60 bits per heavy atom. The van der Waals surface area contributed by atoms with Gasteiger partial charge in [-0.3, -0.25) is 0 Å². The zero-order valence-electron chi connectivity index (χ0n) is 9.11. The van der Waals surface area contributed by atoms with Crippen molar-refractivity contribution in [2.75, 3.05) is 7.11 Å². The van der Waals surface area contributed by atoms with Crippen LogP contribution in [0.15, 0.2) is 4.42 Å². The molecule has 0 aliphatic rings. The molecule has 1 aromatic heterocycles. The van der Waals surface area contributed by atoms with Gasteiger partial charge in [-0.05, 0) is 5.92 Å². The van der Waals surface area contributed by atoms with Crippen LogP contribution in [0.5, 0.6) is 0 Å². The van der Waals surface area contributed by atoms with Gasteiger partial charge in [0.1, 0.15) is 5.69 Å². The highest BCUT2D eigenvalue weighted by Gasteiger charge is 2.19. The summed E-state index contributed by atoms with van der Waals surface area (Å²) in [6, 6.07) is 0. The average Bonchev–Trinajstić information content (AvgIpc) is 2.47. The van der Waals surface area contributed by atoms with Crippen LogP contribution in [-0.2, 0) is 17.8 Å². The Balaban J connectivity index is 2.93. The van der Waals surface area contributed by atoms with E-state index in [0.717, 1.165) is 0 Å². The first kappa shape index (κ1) is 11.7. The maximum Gasteiger partial charge on any atom is 0.373 e. The van der Waals surface area contributed by atoms with Crippen LogP contribution in [0.4, 0.5) is 0 Å². The number of carboxylic acid groups (broad SMARTS) is 1. The third-order valence-corrected chi connectivity index (χ3v) is 1.80. The molecular formula is C10H15NO4. The summed E-state index contributed by atoms with van der Waals surface area (Å²) in [7, 11) is 1.49. The van der Waals surface area contributed by atoms with Crippen LogP contribution in [-0.4, -0.2) is 23.2 Å². The Kier molecular flexibility index (Phi) is 3.85. The number of hydrogen-bond donors (Lipinski definition) is 1. The predicted octanol–water partition coefficient (Wildman–Crippen LogP) is 1.72. The summed E-state index contributed by atoms with van der Waals surface area (Å²) in [5, 5.41) is 8.85. The molecular weight excluding hydrogens is 198 g/mol. The standard InChI is InChI=1S/C10H15NO4/c1-6(2)4-8-11-7(5-14-3)9(15-8)10(12)13/h6H,4-5H2,1-3H3,(H,12,13). The Labute approximate surface area is 88.1 Å². The monoisotopic (exact) mass is 213 g/mol. The fourth-order valence-electron chi connectivity index (χ4n) is 1.24. The van der Waals surface area contributed by atoms with E-state index in [1.165, 1.54) is 7.11 Å². The second-order valence-corrected chi connectivity index (χ2v) is 3.72. The predicted molar refractivity (Wildman–Crippen MR) is 52.7 cm³/mol. The molecule has 0 saturated heterocycles. The van der Waals surface area contributed by atoms with Gasteiger partial charge >= 0.3 is 5.97 Å². The van der Waals surface area contributed by atoms with Crippen molar-refractivity contribution in [2.45, 2.75) is 26.9 Å². The summed E-state index contributed by atoms with van der Waals surface area (Å²) in [5.41, 5.74) is 0.348. The molecule has 84 valence electrons. The van der Waals surface area contributed by atoms with Crippen LogP contribution in [0, 0.1) is 5.92 Å². The maximum atomic E-state index is 10.8. The molecule has 0 saturated carbocycles. The molecule has 0 bridgehead atoms. The molecule has 0 fully saturated rings. The molecule has 5 heteroatoms. The van der Waals surface area contributed by atoms with Gasteiger partial charge in [0.2, 0.25) is 5.76 Å². The van der Waals surface area contributed by atoms with Gasteiger partial charge in [0.15, 0.2) is 5.89 Å². The zero-order chi connectivity index (χ0) is 11.4. The van der Waals surface area contributed by atoms with Crippen molar-refractivity contribution >= 4 is 5.97 Å². The Morgan fingerprint density at radius 2 is 2.27 bits per heavy atom. The zero-order valence-corrected chi connectivity index (χ0v) is 9.11. The summed E-state index contributed by atoms with van der Waals surface area (Å²) < 4.78 is 10.0. The van der Waals surface area contributed by atoms with Crippen LogP contribution in [0.1, 0.15) is 36.0 Å². The van der Waals surface area contributed by atoms with Crippen LogP contribution < -0.4 is 0 Å². The normalized spacial score (nSPS) is 10.9. The average molecular weight is 213 g/mol. The van der Waals surface area contributed by atoms with E-state index in [9.17, 15) is 4.79 Å². The van der Waals surface area contributed by atoms with Crippen LogP contribution >= 0.6 is 0 Å². The van der Waals surface area contributed by atoms with E-state index in [4.69, 9.17) is 14.3 Å². The molecule has 15 heavy (non-hydrogen) atoms. The van der Waals surface area contributed by atoms with Crippen molar-refractivity contribution in [2.24, 2.45) is 5.92 Å². The number of rotatable bonds is 5. The first-order valence-corrected chi connectivity index (χ1v) is 4.75. The molecule has 0 radical (unpaired) electrons. The maximum absolute atomic E-state index is 10.8. The van der Waals surface area contributed by atoms with Crippen LogP contribution in [0.25, 0.3) is 0 Å². The minimum atomic E-state index is -1.11. The number of aromatic nitrogens is 1. The first-order chi connectivity index (χ1) is 7.04. The van der Waals surface area contributed by atoms with Gasteiger partial charge < -0.3 is 14.3 Å². The molecule has 0 amide bonds. The van der Waals surface area contributed by atoms with Crippen molar-refractivity contribution < 1.29 is 19.1 Å². The fourth-order valence-corrected chi connectivity index (χ4v) is 1.24. The van der Waals surface area contributed by atoms with Crippen molar-refractivity contribution in [1.82, 2.24) is 4.98 Å². The lowest BCUT2D eigenvalue weighted by molar-refractivity contribution is 0.0653. The lowest BCUT2D eigenvalue weighted by Gasteiger charge is -1.97. The van der Waals surface area contributed by atoms with Crippen molar-refractivity contribution in [3.63, 3.8) is 0 Å². The summed E-state index contributed by atoms with van der Waals surface area (Å²) in [6.07, 6.45) is 0.629. The van der Waals surface area contributed by atoms with Crippen LogP contribution in [0.2, 0.25) is 0 Å². The van der Waals surface area contributed by atoms with Gasteiger partial charge in [0.25, 0.3) is 0 Å². The summed E-state index contributed by atoms with van der Waals surface area (Å²) in [6.45, 7) is 4.19.